The molecule has 0 spiro atoms. The topological polar surface area (TPSA) is 74.0 Å². The van der Waals surface area contributed by atoms with E-state index in [0.29, 0.717) is 37.5 Å². The number of hydrogen-bond acceptors (Lipinski definition) is 4. The van der Waals surface area contributed by atoms with E-state index in [9.17, 15) is 31.1 Å². The van der Waals surface area contributed by atoms with Crippen molar-refractivity contribution in [2.45, 2.75) is 50.4 Å². The monoisotopic (exact) mass is 528 g/mol. The number of aromatic amines is 2. The maximum absolute atomic E-state index is 13.3. The van der Waals surface area contributed by atoms with Gasteiger partial charge in [0.1, 0.15) is 5.82 Å². The first-order valence-corrected chi connectivity index (χ1v) is 11.7. The average Bonchev–Trinajstić information content (AvgIpc) is 3.42. The molecule has 6 nitrogen and oxygen atoms in total. The van der Waals surface area contributed by atoms with Crippen LogP contribution in [0.5, 0.6) is 0 Å². The third-order valence-corrected chi connectivity index (χ3v) is 6.54. The first kappa shape index (κ1) is 26.9. The Kier molecular flexibility index (Phi) is 7.79. The fourth-order valence-electron chi connectivity index (χ4n) is 5.00. The van der Waals surface area contributed by atoms with Crippen molar-refractivity contribution < 1.29 is 31.1 Å². The van der Waals surface area contributed by atoms with E-state index in [-0.39, 0.29) is 30.1 Å². The van der Waals surface area contributed by atoms with Crippen molar-refractivity contribution >= 4 is 0 Å². The Hall–Kier alpha value is -3.12. The summed E-state index contributed by atoms with van der Waals surface area (Å²) in [5.41, 5.74) is -2.32. The summed E-state index contributed by atoms with van der Waals surface area (Å²) in [6.45, 7) is 0.640. The number of benzene rings is 2. The van der Waals surface area contributed by atoms with Gasteiger partial charge >= 0.3 is 18.0 Å². The third-order valence-electron chi connectivity index (χ3n) is 6.54. The van der Waals surface area contributed by atoms with Crippen molar-refractivity contribution in [1.29, 1.82) is 0 Å². The summed E-state index contributed by atoms with van der Waals surface area (Å²) in [6.07, 6.45) is -8.87. The number of hydrogen-bond donors (Lipinski definition) is 2. The molecule has 37 heavy (non-hydrogen) atoms. The standard InChI is InChI=1S/C25H26F6N4O2/c1-35(13-21-32-23(36)34-33-21)12-17-7-8-20(22(17)16-5-3-2-4-6-16)37-14-15-9-18(24(26,27)28)11-19(10-15)25(29,30)31/h2-6,9-11,17,20,22H,7-8,12-14H2,1H3,(H2,32,33,34,36)/t17-,20+,22-/m1/s1. The molecule has 1 fully saturated rings. The molecule has 0 aliphatic heterocycles. The molecule has 12 heteroatoms. The van der Waals surface area contributed by atoms with Gasteiger partial charge in [-0.3, -0.25) is 9.88 Å². The predicted molar refractivity (Wildman–Crippen MR) is 122 cm³/mol. The van der Waals surface area contributed by atoms with Gasteiger partial charge in [-0.25, -0.2) is 9.89 Å². The zero-order chi connectivity index (χ0) is 26.8. The molecular formula is C25H26F6N4O2. The molecule has 3 aromatic rings. The molecular weight excluding hydrogens is 502 g/mol. The highest BCUT2D eigenvalue weighted by Crippen LogP contribution is 2.43. The van der Waals surface area contributed by atoms with Gasteiger partial charge in [0.25, 0.3) is 0 Å². The number of alkyl halides is 6. The van der Waals surface area contributed by atoms with E-state index < -0.39 is 35.3 Å². The highest BCUT2D eigenvalue weighted by molar-refractivity contribution is 5.33. The van der Waals surface area contributed by atoms with E-state index in [1.165, 1.54) is 0 Å². The van der Waals surface area contributed by atoms with E-state index in [1.54, 1.807) is 0 Å². The molecule has 4 rings (SSSR count). The number of H-pyrrole nitrogens is 2. The number of aromatic nitrogens is 3. The Morgan fingerprint density at radius 2 is 1.65 bits per heavy atom. The highest BCUT2D eigenvalue weighted by atomic mass is 19.4. The summed E-state index contributed by atoms with van der Waals surface area (Å²) in [7, 11) is 1.88. The first-order chi connectivity index (χ1) is 17.4. The summed E-state index contributed by atoms with van der Waals surface area (Å²) in [4.78, 5) is 15.9. The number of ether oxygens (including phenoxy) is 1. The van der Waals surface area contributed by atoms with Crippen molar-refractivity contribution in [3.8, 4) is 0 Å². The molecule has 1 aliphatic carbocycles. The smallest absolute Gasteiger partial charge is 0.373 e. The quantitative estimate of drug-likeness (QED) is 0.387. The van der Waals surface area contributed by atoms with Crippen LogP contribution < -0.4 is 5.69 Å². The third kappa shape index (κ3) is 6.80. The van der Waals surface area contributed by atoms with Crippen LogP contribution in [-0.4, -0.2) is 39.8 Å². The highest BCUT2D eigenvalue weighted by Gasteiger charge is 2.39. The van der Waals surface area contributed by atoms with Crippen molar-refractivity contribution in [2.24, 2.45) is 5.92 Å². The second kappa shape index (κ2) is 10.7. The zero-order valence-electron chi connectivity index (χ0n) is 19.9. The van der Waals surface area contributed by atoms with E-state index in [4.69, 9.17) is 4.74 Å². The van der Waals surface area contributed by atoms with E-state index >= 15 is 0 Å². The maximum Gasteiger partial charge on any atom is 0.416 e. The van der Waals surface area contributed by atoms with Crippen LogP contribution in [0.25, 0.3) is 0 Å². The molecule has 1 aromatic heterocycles. The van der Waals surface area contributed by atoms with E-state index in [1.807, 2.05) is 42.3 Å². The van der Waals surface area contributed by atoms with Crippen LogP contribution in [-0.2, 0) is 30.2 Å². The van der Waals surface area contributed by atoms with Gasteiger partial charge in [0.05, 0.1) is 30.4 Å². The van der Waals surface area contributed by atoms with Crippen LogP contribution in [0, 0.1) is 5.92 Å². The first-order valence-electron chi connectivity index (χ1n) is 11.7. The SMILES string of the molecule is CN(Cc1n[nH]c(=O)[nH]1)C[C@H]1CC[C@H](OCc2cc(C(F)(F)F)cc(C(F)(F)F)c2)[C@@H]1c1ccccc1. The van der Waals surface area contributed by atoms with Crippen LogP contribution in [0.1, 0.15) is 46.8 Å². The van der Waals surface area contributed by atoms with Crippen LogP contribution in [0.3, 0.4) is 0 Å². The van der Waals surface area contributed by atoms with E-state index in [0.717, 1.165) is 12.0 Å². The van der Waals surface area contributed by atoms with Gasteiger partial charge in [0.2, 0.25) is 0 Å². The maximum atomic E-state index is 13.3. The molecule has 0 unspecified atom stereocenters. The lowest BCUT2D eigenvalue weighted by atomic mass is 9.87. The number of nitrogens with one attached hydrogen (secondary N) is 2. The summed E-state index contributed by atoms with van der Waals surface area (Å²) >= 11 is 0. The van der Waals surface area contributed by atoms with Crippen molar-refractivity contribution in [1.82, 2.24) is 20.1 Å². The largest absolute Gasteiger partial charge is 0.416 e. The van der Waals surface area contributed by atoms with Crippen LogP contribution in [0.4, 0.5) is 26.3 Å². The Morgan fingerprint density at radius 1 is 1.00 bits per heavy atom. The lowest BCUT2D eigenvalue weighted by Gasteiger charge is -2.29. The normalized spacial score (nSPS) is 20.6. The van der Waals surface area contributed by atoms with Crippen molar-refractivity contribution in [3.05, 3.63) is 87.1 Å². The van der Waals surface area contributed by atoms with Gasteiger partial charge < -0.3 is 4.74 Å². The molecule has 2 aromatic carbocycles. The van der Waals surface area contributed by atoms with Crippen LogP contribution in [0.2, 0.25) is 0 Å². The van der Waals surface area contributed by atoms with Crippen LogP contribution in [0.15, 0.2) is 53.3 Å². The Labute approximate surface area is 208 Å². The van der Waals surface area contributed by atoms with Gasteiger partial charge in [0.15, 0.2) is 0 Å². The van der Waals surface area contributed by atoms with Crippen molar-refractivity contribution in [3.63, 3.8) is 0 Å². The second-order valence-corrected chi connectivity index (χ2v) is 9.36. The molecule has 0 amide bonds. The van der Waals surface area contributed by atoms with Gasteiger partial charge in [-0.15, -0.1) is 0 Å². The Bertz CT molecular complexity index is 1210. The summed E-state index contributed by atoms with van der Waals surface area (Å²) in [5, 5.41) is 6.23. The predicted octanol–water partition coefficient (Wildman–Crippen LogP) is 5.35. The summed E-state index contributed by atoms with van der Waals surface area (Å²) in [6, 6.07) is 11.0. The molecule has 0 radical (unpaired) electrons. The molecule has 200 valence electrons. The second-order valence-electron chi connectivity index (χ2n) is 9.36. The van der Waals surface area contributed by atoms with Crippen molar-refractivity contribution in [2.75, 3.05) is 13.6 Å². The lowest BCUT2D eigenvalue weighted by Crippen LogP contribution is -2.30. The molecule has 1 heterocycles. The molecule has 0 saturated heterocycles. The van der Waals surface area contributed by atoms with Gasteiger partial charge in [-0.05, 0) is 55.1 Å². The summed E-state index contributed by atoms with van der Waals surface area (Å²) < 4.78 is 85.5. The zero-order valence-corrected chi connectivity index (χ0v) is 19.9. The fraction of sp³-hybridized carbons (Fsp3) is 0.440. The minimum atomic E-state index is -4.91. The van der Waals surface area contributed by atoms with Gasteiger partial charge in [-0.1, -0.05) is 30.3 Å². The minimum absolute atomic E-state index is 0.107. The van der Waals surface area contributed by atoms with Gasteiger partial charge in [-0.2, -0.15) is 31.4 Å². The number of rotatable bonds is 8. The average molecular weight is 528 g/mol. The number of nitrogens with zero attached hydrogens (tertiary/aromatic N) is 2. The molecule has 3 atom stereocenters. The Morgan fingerprint density at radius 3 is 2.22 bits per heavy atom. The lowest BCUT2D eigenvalue weighted by molar-refractivity contribution is -0.143. The molecule has 0 bridgehead atoms. The van der Waals surface area contributed by atoms with E-state index in [2.05, 4.69) is 15.2 Å². The summed E-state index contributed by atoms with van der Waals surface area (Å²) in [5.74, 6) is 0.477. The number of halogens is 6. The Balaban J connectivity index is 1.52. The minimum Gasteiger partial charge on any atom is -0.373 e. The van der Waals surface area contributed by atoms with Crippen LogP contribution >= 0.6 is 0 Å². The molecule has 1 aliphatic rings. The fourth-order valence-corrected chi connectivity index (χ4v) is 5.00. The molecule has 2 N–H and O–H groups in total. The van der Waals surface area contributed by atoms with Gasteiger partial charge in [0, 0.05) is 12.5 Å². The molecule has 1 saturated carbocycles.